The largest absolute Gasteiger partial charge is 0.480 e. The monoisotopic (exact) mass is 339 g/mol. The molecular weight excluding hydrogens is 318 g/mol. The van der Waals surface area contributed by atoms with E-state index in [0.29, 0.717) is 23.8 Å². The van der Waals surface area contributed by atoms with Gasteiger partial charge in [-0.15, -0.1) is 0 Å². The number of aryl methyl sites for hydroxylation is 1. The van der Waals surface area contributed by atoms with E-state index in [9.17, 15) is 14.7 Å². The van der Waals surface area contributed by atoms with Crippen LogP contribution >= 0.6 is 11.6 Å². The summed E-state index contributed by atoms with van der Waals surface area (Å²) < 4.78 is 0. The van der Waals surface area contributed by atoms with Crippen molar-refractivity contribution in [1.29, 1.82) is 0 Å². The number of hydrogen-bond donors (Lipinski definition) is 2. The van der Waals surface area contributed by atoms with Gasteiger partial charge in [0.1, 0.15) is 6.04 Å². The van der Waals surface area contributed by atoms with Gasteiger partial charge in [-0.05, 0) is 31.7 Å². The van der Waals surface area contributed by atoms with Crippen LogP contribution in [0.15, 0.2) is 18.2 Å². The summed E-state index contributed by atoms with van der Waals surface area (Å²) >= 11 is 6.03. The zero-order valence-corrected chi connectivity index (χ0v) is 14.1. The van der Waals surface area contributed by atoms with Crippen molar-refractivity contribution >= 4 is 29.2 Å². The van der Waals surface area contributed by atoms with Gasteiger partial charge in [-0.1, -0.05) is 17.7 Å². The van der Waals surface area contributed by atoms with Crippen LogP contribution in [0.4, 0.5) is 5.69 Å². The van der Waals surface area contributed by atoms with E-state index in [1.54, 1.807) is 12.1 Å². The van der Waals surface area contributed by atoms with E-state index in [1.807, 2.05) is 24.9 Å². The summed E-state index contributed by atoms with van der Waals surface area (Å²) in [6.07, 6.45) is -0.0788. The van der Waals surface area contributed by atoms with Gasteiger partial charge >= 0.3 is 5.97 Å². The lowest BCUT2D eigenvalue weighted by molar-refractivity contribution is -0.145. The van der Waals surface area contributed by atoms with Crippen LogP contribution in [-0.4, -0.2) is 66.1 Å². The van der Waals surface area contributed by atoms with Crippen molar-refractivity contribution in [2.45, 2.75) is 19.4 Å². The first kappa shape index (κ1) is 17.7. The number of carboxylic acid groups (broad SMARTS) is 1. The van der Waals surface area contributed by atoms with E-state index in [2.05, 4.69) is 10.2 Å². The van der Waals surface area contributed by atoms with Crippen molar-refractivity contribution in [2.75, 3.05) is 38.5 Å². The molecule has 0 spiro atoms. The van der Waals surface area contributed by atoms with Crippen LogP contribution in [0.1, 0.15) is 12.0 Å². The fourth-order valence-corrected chi connectivity index (χ4v) is 2.74. The molecule has 1 aliphatic heterocycles. The maximum Gasteiger partial charge on any atom is 0.321 e. The molecule has 1 saturated heterocycles. The van der Waals surface area contributed by atoms with Gasteiger partial charge in [-0.25, -0.2) is 0 Å². The molecule has 7 heteroatoms. The Kier molecular flexibility index (Phi) is 5.98. The summed E-state index contributed by atoms with van der Waals surface area (Å²) in [4.78, 5) is 27.7. The highest BCUT2D eigenvalue weighted by Gasteiger charge is 2.30. The second kappa shape index (κ2) is 7.77. The number of piperazine rings is 1. The van der Waals surface area contributed by atoms with E-state index in [-0.39, 0.29) is 12.3 Å². The van der Waals surface area contributed by atoms with Gasteiger partial charge in [0.15, 0.2) is 0 Å². The molecule has 1 fully saturated rings. The number of hydrogen-bond acceptors (Lipinski definition) is 4. The smallest absolute Gasteiger partial charge is 0.321 e. The molecule has 1 amide bonds. The summed E-state index contributed by atoms with van der Waals surface area (Å²) in [7, 11) is 2.00. The number of carboxylic acids is 1. The number of rotatable bonds is 5. The van der Waals surface area contributed by atoms with Crippen LogP contribution in [0, 0.1) is 6.92 Å². The fraction of sp³-hybridized carbons (Fsp3) is 0.500. The Morgan fingerprint density at radius 1 is 1.30 bits per heavy atom. The van der Waals surface area contributed by atoms with E-state index in [4.69, 9.17) is 11.6 Å². The minimum absolute atomic E-state index is 0.0788. The number of benzene rings is 1. The molecule has 1 aromatic rings. The summed E-state index contributed by atoms with van der Waals surface area (Å²) in [5, 5.41) is 12.7. The molecule has 0 radical (unpaired) electrons. The topological polar surface area (TPSA) is 72.9 Å². The van der Waals surface area contributed by atoms with E-state index < -0.39 is 12.0 Å². The van der Waals surface area contributed by atoms with Crippen LogP contribution in [0.3, 0.4) is 0 Å². The molecule has 6 nitrogen and oxygen atoms in total. The minimum atomic E-state index is -0.966. The highest BCUT2D eigenvalue weighted by Crippen LogP contribution is 2.20. The average Bonchev–Trinajstić information content (AvgIpc) is 2.49. The Morgan fingerprint density at radius 2 is 1.96 bits per heavy atom. The molecule has 1 aliphatic rings. The standard InChI is InChI=1S/C16H22ClN3O3/c1-11-3-4-12(9-13(11)17)18-15(21)10-14(16(22)23)20-7-5-19(2)6-8-20/h3-4,9,14H,5-8,10H2,1-2H3,(H,18,21)(H,22,23)/t14-/m1/s1. The Hall–Kier alpha value is -1.63. The molecule has 2 N–H and O–H groups in total. The molecule has 1 atom stereocenters. The first-order chi connectivity index (χ1) is 10.9. The molecule has 0 aliphatic carbocycles. The summed E-state index contributed by atoms with van der Waals surface area (Å²) in [6.45, 7) is 4.79. The van der Waals surface area contributed by atoms with Crippen LogP contribution in [-0.2, 0) is 9.59 Å². The predicted molar refractivity (Wildman–Crippen MR) is 89.9 cm³/mol. The van der Waals surface area contributed by atoms with E-state index in [1.165, 1.54) is 0 Å². The third-order valence-corrected chi connectivity index (χ3v) is 4.51. The van der Waals surface area contributed by atoms with Gasteiger partial charge in [-0.2, -0.15) is 0 Å². The van der Waals surface area contributed by atoms with Gasteiger partial charge in [0.2, 0.25) is 5.91 Å². The third kappa shape index (κ3) is 4.92. The van der Waals surface area contributed by atoms with Gasteiger partial charge in [0.05, 0.1) is 6.42 Å². The lowest BCUT2D eigenvalue weighted by atomic mass is 10.1. The highest BCUT2D eigenvalue weighted by atomic mass is 35.5. The van der Waals surface area contributed by atoms with Crippen molar-refractivity contribution in [3.63, 3.8) is 0 Å². The zero-order chi connectivity index (χ0) is 17.0. The quantitative estimate of drug-likeness (QED) is 0.854. The maximum absolute atomic E-state index is 12.2. The zero-order valence-electron chi connectivity index (χ0n) is 13.4. The molecule has 0 bridgehead atoms. The van der Waals surface area contributed by atoms with Crippen molar-refractivity contribution in [3.05, 3.63) is 28.8 Å². The molecule has 126 valence electrons. The molecule has 23 heavy (non-hydrogen) atoms. The molecule has 1 aromatic carbocycles. The molecule has 0 aromatic heterocycles. The Morgan fingerprint density at radius 3 is 2.52 bits per heavy atom. The second-order valence-electron chi connectivity index (χ2n) is 5.91. The SMILES string of the molecule is Cc1ccc(NC(=O)C[C@H](C(=O)O)N2CCN(C)CC2)cc1Cl. The maximum atomic E-state index is 12.2. The first-order valence-corrected chi connectivity index (χ1v) is 7.96. The summed E-state index contributed by atoms with van der Waals surface area (Å²) in [5.74, 6) is -1.29. The Bertz CT molecular complexity index is 586. The lowest BCUT2D eigenvalue weighted by Gasteiger charge is -2.35. The number of likely N-dealkylation sites (N-methyl/N-ethyl adjacent to an activating group) is 1. The average molecular weight is 340 g/mol. The van der Waals surface area contributed by atoms with E-state index >= 15 is 0 Å². The number of halogens is 1. The predicted octanol–water partition coefficient (Wildman–Crippen LogP) is 1.68. The van der Waals surface area contributed by atoms with Gasteiger partial charge in [0, 0.05) is 36.9 Å². The van der Waals surface area contributed by atoms with Crippen LogP contribution < -0.4 is 5.32 Å². The normalized spacial score (nSPS) is 17.7. The van der Waals surface area contributed by atoms with Crippen molar-refractivity contribution in [2.24, 2.45) is 0 Å². The van der Waals surface area contributed by atoms with Crippen molar-refractivity contribution in [1.82, 2.24) is 9.80 Å². The molecular formula is C16H22ClN3O3. The third-order valence-electron chi connectivity index (χ3n) is 4.10. The van der Waals surface area contributed by atoms with Crippen LogP contribution in [0.5, 0.6) is 0 Å². The van der Waals surface area contributed by atoms with Gasteiger partial charge in [-0.3, -0.25) is 14.5 Å². The number of aliphatic carboxylic acids is 1. The summed E-state index contributed by atoms with van der Waals surface area (Å²) in [5.41, 5.74) is 1.50. The number of amides is 1. The van der Waals surface area contributed by atoms with Crippen LogP contribution in [0.2, 0.25) is 5.02 Å². The fourth-order valence-electron chi connectivity index (χ4n) is 2.56. The van der Waals surface area contributed by atoms with E-state index in [0.717, 1.165) is 18.7 Å². The number of nitrogens with one attached hydrogen (secondary N) is 1. The van der Waals surface area contributed by atoms with Crippen molar-refractivity contribution < 1.29 is 14.7 Å². The number of carbonyl (C=O) groups excluding carboxylic acids is 1. The molecule has 1 heterocycles. The van der Waals surface area contributed by atoms with Crippen molar-refractivity contribution in [3.8, 4) is 0 Å². The molecule has 0 unspecified atom stereocenters. The summed E-state index contributed by atoms with van der Waals surface area (Å²) in [6, 6.07) is 4.43. The van der Waals surface area contributed by atoms with Crippen LogP contribution in [0.25, 0.3) is 0 Å². The first-order valence-electron chi connectivity index (χ1n) is 7.58. The second-order valence-corrected chi connectivity index (χ2v) is 6.32. The number of carbonyl (C=O) groups is 2. The Labute approximate surface area is 141 Å². The highest BCUT2D eigenvalue weighted by molar-refractivity contribution is 6.31. The van der Waals surface area contributed by atoms with Gasteiger partial charge in [0.25, 0.3) is 0 Å². The molecule has 0 saturated carbocycles. The Balaban J connectivity index is 1.97. The van der Waals surface area contributed by atoms with Gasteiger partial charge < -0.3 is 15.3 Å². The number of nitrogens with zero attached hydrogens (tertiary/aromatic N) is 2. The minimum Gasteiger partial charge on any atom is -0.480 e. The lowest BCUT2D eigenvalue weighted by Crippen LogP contribution is -2.52. The number of anilines is 1. The molecule has 2 rings (SSSR count).